The highest BCUT2D eigenvalue weighted by Gasteiger charge is 2.22. The normalized spacial score (nSPS) is 24.1. The fraction of sp³-hybridized carbons (Fsp3) is 0.467. The van der Waals surface area contributed by atoms with Gasteiger partial charge in [-0.05, 0) is 26.0 Å². The summed E-state index contributed by atoms with van der Waals surface area (Å²) in [6, 6.07) is 6.07. The molecule has 106 valence electrons. The lowest BCUT2D eigenvalue weighted by molar-refractivity contribution is -0.0710. The zero-order valence-electron chi connectivity index (χ0n) is 11.7. The molecule has 4 nitrogen and oxygen atoms in total. The standard InChI is InChI=1S/C15H18BrN3O/c1-10-7-19(8-11(2)20-10)9-15-17-6-12-3-4-13(16)5-14(12)18-15/h3-6,10-11H,7-9H2,1-2H3/t10-,11+. The minimum Gasteiger partial charge on any atom is -0.373 e. The number of benzene rings is 1. The van der Waals surface area contributed by atoms with Crippen molar-refractivity contribution in [1.29, 1.82) is 0 Å². The number of aromatic nitrogens is 2. The lowest BCUT2D eigenvalue weighted by Crippen LogP contribution is -2.45. The molecule has 2 heterocycles. The van der Waals surface area contributed by atoms with Gasteiger partial charge in [-0.3, -0.25) is 4.90 Å². The molecule has 1 aromatic carbocycles. The quantitative estimate of drug-likeness (QED) is 0.845. The molecule has 1 aliphatic rings. The topological polar surface area (TPSA) is 38.2 Å². The summed E-state index contributed by atoms with van der Waals surface area (Å²) in [5.41, 5.74) is 0.985. The molecular formula is C15H18BrN3O. The Bertz CT molecular complexity index is 609. The maximum atomic E-state index is 5.75. The average Bonchev–Trinajstić information content (AvgIpc) is 2.37. The van der Waals surface area contributed by atoms with Crippen LogP contribution in [0.1, 0.15) is 19.7 Å². The van der Waals surface area contributed by atoms with Crippen LogP contribution in [0.5, 0.6) is 0 Å². The third kappa shape index (κ3) is 3.16. The van der Waals surface area contributed by atoms with Crippen molar-refractivity contribution in [2.75, 3.05) is 13.1 Å². The molecule has 0 unspecified atom stereocenters. The van der Waals surface area contributed by atoms with Crippen molar-refractivity contribution in [1.82, 2.24) is 14.9 Å². The molecule has 2 atom stereocenters. The van der Waals surface area contributed by atoms with Crippen LogP contribution in [0.3, 0.4) is 0 Å². The number of morpholine rings is 1. The number of ether oxygens (including phenoxy) is 1. The number of nitrogens with zero attached hydrogens (tertiary/aromatic N) is 3. The first kappa shape index (κ1) is 13.9. The van der Waals surface area contributed by atoms with Gasteiger partial charge < -0.3 is 4.74 Å². The van der Waals surface area contributed by atoms with Crippen LogP contribution in [-0.4, -0.2) is 40.2 Å². The second kappa shape index (κ2) is 5.76. The van der Waals surface area contributed by atoms with E-state index in [1.807, 2.05) is 24.4 Å². The van der Waals surface area contributed by atoms with Crippen molar-refractivity contribution in [3.63, 3.8) is 0 Å². The average molecular weight is 336 g/mol. The van der Waals surface area contributed by atoms with E-state index in [1.54, 1.807) is 0 Å². The fourth-order valence-electron chi connectivity index (χ4n) is 2.72. The molecule has 5 heteroatoms. The summed E-state index contributed by atoms with van der Waals surface area (Å²) in [6.07, 6.45) is 2.44. The lowest BCUT2D eigenvalue weighted by Gasteiger charge is -2.34. The van der Waals surface area contributed by atoms with Gasteiger partial charge in [0, 0.05) is 29.1 Å². The van der Waals surface area contributed by atoms with Crippen LogP contribution in [0.2, 0.25) is 0 Å². The Morgan fingerprint density at radius 3 is 2.80 bits per heavy atom. The molecule has 2 aromatic rings. The summed E-state index contributed by atoms with van der Waals surface area (Å²) in [6.45, 7) is 6.87. The van der Waals surface area contributed by atoms with Crippen LogP contribution in [0.25, 0.3) is 10.9 Å². The minimum absolute atomic E-state index is 0.272. The van der Waals surface area contributed by atoms with Gasteiger partial charge in [0.1, 0.15) is 5.82 Å². The maximum Gasteiger partial charge on any atom is 0.142 e. The predicted molar refractivity (Wildman–Crippen MR) is 82.5 cm³/mol. The number of halogens is 1. The van der Waals surface area contributed by atoms with Gasteiger partial charge in [-0.15, -0.1) is 0 Å². The van der Waals surface area contributed by atoms with Crippen molar-refractivity contribution >= 4 is 26.8 Å². The van der Waals surface area contributed by atoms with Crippen molar-refractivity contribution in [2.45, 2.75) is 32.6 Å². The third-order valence-corrected chi connectivity index (χ3v) is 3.95. The van der Waals surface area contributed by atoms with Gasteiger partial charge in [0.15, 0.2) is 0 Å². The van der Waals surface area contributed by atoms with Gasteiger partial charge in [-0.2, -0.15) is 0 Å². The Kier molecular flexibility index (Phi) is 4.01. The Morgan fingerprint density at radius 2 is 2.05 bits per heavy atom. The molecule has 0 amide bonds. The molecule has 1 saturated heterocycles. The van der Waals surface area contributed by atoms with Crippen LogP contribution in [0.4, 0.5) is 0 Å². The van der Waals surface area contributed by atoms with Crippen molar-refractivity contribution in [2.24, 2.45) is 0 Å². The SMILES string of the molecule is C[C@@H]1CN(Cc2ncc3ccc(Br)cc3n2)C[C@H](C)O1. The highest BCUT2D eigenvalue weighted by molar-refractivity contribution is 9.10. The first-order valence-corrected chi connectivity index (χ1v) is 7.68. The second-order valence-corrected chi connectivity index (χ2v) is 6.36. The van der Waals surface area contributed by atoms with E-state index in [0.29, 0.717) is 0 Å². The molecule has 0 saturated carbocycles. The van der Waals surface area contributed by atoms with Gasteiger partial charge in [0.2, 0.25) is 0 Å². The molecule has 1 aliphatic heterocycles. The molecular weight excluding hydrogens is 318 g/mol. The van der Waals surface area contributed by atoms with Crippen molar-refractivity contribution in [3.8, 4) is 0 Å². The van der Waals surface area contributed by atoms with Gasteiger partial charge in [0.05, 0.1) is 24.3 Å². The van der Waals surface area contributed by atoms with Crippen LogP contribution in [-0.2, 0) is 11.3 Å². The first-order chi connectivity index (χ1) is 9.60. The minimum atomic E-state index is 0.272. The monoisotopic (exact) mass is 335 g/mol. The van der Waals surface area contributed by atoms with E-state index in [0.717, 1.165) is 40.8 Å². The number of hydrogen-bond donors (Lipinski definition) is 0. The highest BCUT2D eigenvalue weighted by Crippen LogP contribution is 2.18. The Labute approximate surface area is 127 Å². The molecule has 0 N–H and O–H groups in total. The fourth-order valence-corrected chi connectivity index (χ4v) is 3.07. The predicted octanol–water partition coefficient (Wildman–Crippen LogP) is 3.00. The summed E-state index contributed by atoms with van der Waals surface area (Å²) in [7, 11) is 0. The molecule has 1 aromatic heterocycles. The van der Waals surface area contributed by atoms with Crippen LogP contribution in [0.15, 0.2) is 28.9 Å². The van der Waals surface area contributed by atoms with Crippen LogP contribution in [0, 0.1) is 0 Å². The van der Waals surface area contributed by atoms with E-state index in [2.05, 4.69) is 44.6 Å². The molecule has 0 aliphatic carbocycles. The molecule has 0 radical (unpaired) electrons. The summed E-state index contributed by atoms with van der Waals surface area (Å²) >= 11 is 3.48. The maximum absolute atomic E-state index is 5.75. The van der Waals surface area contributed by atoms with E-state index in [-0.39, 0.29) is 12.2 Å². The number of hydrogen-bond acceptors (Lipinski definition) is 4. The van der Waals surface area contributed by atoms with Gasteiger partial charge in [0.25, 0.3) is 0 Å². The second-order valence-electron chi connectivity index (χ2n) is 5.44. The summed E-state index contributed by atoms with van der Waals surface area (Å²) < 4.78 is 6.80. The van der Waals surface area contributed by atoms with E-state index in [9.17, 15) is 0 Å². The first-order valence-electron chi connectivity index (χ1n) is 6.89. The Hall–Kier alpha value is -1.04. The van der Waals surface area contributed by atoms with E-state index in [1.165, 1.54) is 0 Å². The largest absolute Gasteiger partial charge is 0.373 e. The zero-order chi connectivity index (χ0) is 14.1. The van der Waals surface area contributed by atoms with E-state index in [4.69, 9.17) is 4.74 Å². The molecule has 0 bridgehead atoms. The molecule has 0 spiro atoms. The van der Waals surface area contributed by atoms with E-state index >= 15 is 0 Å². The molecule has 20 heavy (non-hydrogen) atoms. The summed E-state index contributed by atoms with van der Waals surface area (Å²) in [5.74, 6) is 0.872. The van der Waals surface area contributed by atoms with Gasteiger partial charge in [-0.25, -0.2) is 9.97 Å². The van der Waals surface area contributed by atoms with Gasteiger partial charge in [-0.1, -0.05) is 22.0 Å². The zero-order valence-corrected chi connectivity index (χ0v) is 13.3. The van der Waals surface area contributed by atoms with E-state index < -0.39 is 0 Å². The molecule has 1 fully saturated rings. The Morgan fingerprint density at radius 1 is 1.30 bits per heavy atom. The third-order valence-electron chi connectivity index (χ3n) is 3.45. The number of fused-ring (bicyclic) bond motifs is 1. The number of rotatable bonds is 2. The van der Waals surface area contributed by atoms with Crippen molar-refractivity contribution in [3.05, 3.63) is 34.7 Å². The van der Waals surface area contributed by atoms with Crippen molar-refractivity contribution < 1.29 is 4.74 Å². The summed E-state index contributed by atoms with van der Waals surface area (Å²) in [4.78, 5) is 11.5. The van der Waals surface area contributed by atoms with Crippen LogP contribution < -0.4 is 0 Å². The molecule has 3 rings (SSSR count). The van der Waals surface area contributed by atoms with Crippen LogP contribution >= 0.6 is 15.9 Å². The summed E-state index contributed by atoms with van der Waals surface area (Å²) in [5, 5.41) is 1.07. The van der Waals surface area contributed by atoms with Gasteiger partial charge >= 0.3 is 0 Å². The highest BCUT2D eigenvalue weighted by atomic mass is 79.9. The Balaban J connectivity index is 1.80. The lowest BCUT2D eigenvalue weighted by atomic mass is 10.2. The smallest absolute Gasteiger partial charge is 0.142 e.